The van der Waals surface area contributed by atoms with Crippen LogP contribution in [0.25, 0.3) is 22.6 Å². The van der Waals surface area contributed by atoms with E-state index in [1.165, 1.54) is 12.1 Å². The van der Waals surface area contributed by atoms with Gasteiger partial charge < -0.3 is 4.98 Å². The predicted octanol–water partition coefficient (Wildman–Crippen LogP) is 3.13. The van der Waals surface area contributed by atoms with Crippen molar-refractivity contribution in [1.29, 1.82) is 5.26 Å². The lowest BCUT2D eigenvalue weighted by molar-refractivity contribution is 0.625. The molecule has 3 aromatic rings. The van der Waals surface area contributed by atoms with E-state index in [1.54, 1.807) is 42.5 Å². The second-order valence-electron chi connectivity index (χ2n) is 4.62. The predicted molar refractivity (Wildman–Crippen MR) is 82.2 cm³/mol. The van der Waals surface area contributed by atoms with Crippen LogP contribution in [0.3, 0.4) is 0 Å². The van der Waals surface area contributed by atoms with Gasteiger partial charge in [0, 0.05) is 5.56 Å². The molecule has 0 amide bonds. The van der Waals surface area contributed by atoms with Crippen molar-refractivity contribution in [2.24, 2.45) is 0 Å². The summed E-state index contributed by atoms with van der Waals surface area (Å²) in [4.78, 5) is 18.9. The van der Waals surface area contributed by atoms with Crippen LogP contribution in [0, 0.1) is 17.1 Å². The van der Waals surface area contributed by atoms with E-state index in [-0.39, 0.29) is 22.5 Å². The Balaban J connectivity index is 2.18. The number of hydrogen-bond donors (Lipinski definition) is 1. The maximum Gasteiger partial charge on any atom is 0.259 e. The molecule has 0 atom stereocenters. The Morgan fingerprint density at radius 1 is 1.18 bits per heavy atom. The third-order valence-corrected chi connectivity index (χ3v) is 3.19. The van der Waals surface area contributed by atoms with E-state index >= 15 is 0 Å². The van der Waals surface area contributed by atoms with Gasteiger partial charge in [0.1, 0.15) is 11.9 Å². The molecule has 0 spiro atoms. The van der Waals surface area contributed by atoms with Crippen LogP contribution in [0.5, 0.6) is 0 Å². The van der Waals surface area contributed by atoms with Crippen molar-refractivity contribution in [2.45, 2.75) is 0 Å². The Bertz CT molecular complexity index is 983. The van der Waals surface area contributed by atoms with Gasteiger partial charge in [-0.15, -0.1) is 0 Å². The van der Waals surface area contributed by atoms with E-state index in [1.807, 2.05) is 6.07 Å². The van der Waals surface area contributed by atoms with Crippen LogP contribution in [0.2, 0.25) is 0 Å². The van der Waals surface area contributed by atoms with Crippen LogP contribution in [0.4, 0.5) is 4.39 Å². The van der Waals surface area contributed by atoms with Gasteiger partial charge in [-0.05, 0) is 24.3 Å². The molecule has 0 unspecified atom stereocenters. The lowest BCUT2D eigenvalue weighted by atomic mass is 10.1. The Morgan fingerprint density at radius 3 is 2.68 bits per heavy atom. The zero-order valence-corrected chi connectivity index (χ0v) is 11.4. The van der Waals surface area contributed by atoms with Gasteiger partial charge in [-0.1, -0.05) is 30.3 Å². The molecule has 1 aromatic heterocycles. The average molecular weight is 291 g/mol. The van der Waals surface area contributed by atoms with Crippen LogP contribution in [0.15, 0.2) is 53.3 Å². The van der Waals surface area contributed by atoms with Crippen molar-refractivity contribution < 1.29 is 4.39 Å². The van der Waals surface area contributed by atoms with E-state index < -0.39 is 5.82 Å². The Morgan fingerprint density at radius 2 is 1.91 bits per heavy atom. The van der Waals surface area contributed by atoms with Crippen molar-refractivity contribution in [3.63, 3.8) is 0 Å². The lowest BCUT2D eigenvalue weighted by Gasteiger charge is -2.02. The first-order valence-corrected chi connectivity index (χ1v) is 6.55. The summed E-state index contributed by atoms with van der Waals surface area (Å²) in [5.74, 6) is -0.326. The molecule has 5 heteroatoms. The fourth-order valence-corrected chi connectivity index (χ4v) is 2.12. The summed E-state index contributed by atoms with van der Waals surface area (Å²) >= 11 is 0. The smallest absolute Gasteiger partial charge is 0.259 e. The number of hydrogen-bond acceptors (Lipinski definition) is 3. The van der Waals surface area contributed by atoms with Crippen LogP contribution in [-0.4, -0.2) is 9.97 Å². The zero-order valence-electron chi connectivity index (χ0n) is 11.4. The van der Waals surface area contributed by atoms with Crippen LogP contribution < -0.4 is 5.56 Å². The third kappa shape index (κ3) is 2.50. The highest BCUT2D eigenvalue weighted by atomic mass is 19.1. The molecule has 0 aliphatic heterocycles. The number of allylic oxidation sites excluding steroid dienone is 1. The first-order chi connectivity index (χ1) is 10.7. The molecule has 0 saturated carbocycles. The molecule has 22 heavy (non-hydrogen) atoms. The SMILES string of the molecule is N#C/C(=C\c1ccccc1F)c1nc2ccccc2c(=O)[nH]1. The van der Waals surface area contributed by atoms with Gasteiger partial charge in [-0.3, -0.25) is 4.79 Å². The first kappa shape index (κ1) is 13.7. The number of rotatable bonds is 2. The van der Waals surface area contributed by atoms with E-state index in [9.17, 15) is 14.4 Å². The highest BCUT2D eigenvalue weighted by Gasteiger charge is 2.09. The monoisotopic (exact) mass is 291 g/mol. The molecule has 1 heterocycles. The van der Waals surface area contributed by atoms with Gasteiger partial charge in [-0.25, -0.2) is 9.37 Å². The summed E-state index contributed by atoms with van der Waals surface area (Å²) in [6.45, 7) is 0. The van der Waals surface area contributed by atoms with Gasteiger partial charge in [0.05, 0.1) is 16.5 Å². The first-order valence-electron chi connectivity index (χ1n) is 6.55. The molecule has 106 valence electrons. The quantitative estimate of drug-likeness (QED) is 0.737. The van der Waals surface area contributed by atoms with E-state index in [0.29, 0.717) is 10.9 Å². The molecule has 4 nitrogen and oxygen atoms in total. The topological polar surface area (TPSA) is 69.5 Å². The molecule has 2 aromatic carbocycles. The van der Waals surface area contributed by atoms with Gasteiger partial charge >= 0.3 is 0 Å². The number of H-pyrrole nitrogens is 1. The standard InChI is InChI=1S/C17H10FN3O/c18-14-7-3-1-5-11(14)9-12(10-19)16-20-15-8-4-2-6-13(15)17(22)21-16/h1-9H,(H,20,21,22)/b12-9+. The summed E-state index contributed by atoms with van der Waals surface area (Å²) < 4.78 is 13.7. The number of nitrogens with one attached hydrogen (secondary N) is 1. The van der Waals surface area contributed by atoms with Crippen LogP contribution >= 0.6 is 0 Å². The Kier molecular flexibility index (Phi) is 3.50. The second-order valence-corrected chi connectivity index (χ2v) is 4.62. The average Bonchev–Trinajstić information content (AvgIpc) is 2.54. The highest BCUT2D eigenvalue weighted by Crippen LogP contribution is 2.17. The number of benzene rings is 2. The number of nitriles is 1. The van der Waals surface area contributed by atoms with Crippen molar-refractivity contribution in [1.82, 2.24) is 9.97 Å². The second kappa shape index (κ2) is 5.62. The number of nitrogens with zero attached hydrogens (tertiary/aromatic N) is 2. The number of para-hydroxylation sites is 1. The summed E-state index contributed by atoms with van der Waals surface area (Å²) in [7, 11) is 0. The third-order valence-electron chi connectivity index (χ3n) is 3.19. The molecule has 0 aliphatic rings. The van der Waals surface area contributed by atoms with Crippen molar-refractivity contribution in [3.05, 3.63) is 76.1 Å². The highest BCUT2D eigenvalue weighted by molar-refractivity contribution is 5.89. The lowest BCUT2D eigenvalue weighted by Crippen LogP contribution is -2.11. The van der Waals surface area contributed by atoms with Gasteiger partial charge in [-0.2, -0.15) is 5.26 Å². The minimum Gasteiger partial charge on any atom is -0.305 e. The van der Waals surface area contributed by atoms with Gasteiger partial charge in [0.15, 0.2) is 5.82 Å². The number of aromatic amines is 1. The minimum atomic E-state index is -0.446. The van der Waals surface area contributed by atoms with E-state index in [2.05, 4.69) is 9.97 Å². The molecule has 0 fully saturated rings. The molecule has 3 rings (SSSR count). The van der Waals surface area contributed by atoms with Crippen molar-refractivity contribution in [2.75, 3.05) is 0 Å². The molecular weight excluding hydrogens is 281 g/mol. The maximum atomic E-state index is 13.7. The van der Waals surface area contributed by atoms with Gasteiger partial charge in [0.2, 0.25) is 0 Å². The number of fused-ring (bicyclic) bond motifs is 1. The Hall–Kier alpha value is -3.26. The van der Waals surface area contributed by atoms with E-state index in [4.69, 9.17) is 0 Å². The maximum absolute atomic E-state index is 13.7. The fraction of sp³-hybridized carbons (Fsp3) is 0. The fourth-order valence-electron chi connectivity index (χ4n) is 2.12. The minimum absolute atomic E-state index is 0.0907. The molecule has 0 aliphatic carbocycles. The summed E-state index contributed by atoms with van der Waals surface area (Å²) in [6.07, 6.45) is 1.36. The van der Waals surface area contributed by atoms with Crippen molar-refractivity contribution >= 4 is 22.6 Å². The molecule has 0 bridgehead atoms. The summed E-state index contributed by atoms with van der Waals surface area (Å²) in [5.41, 5.74) is 0.494. The molecule has 0 radical (unpaired) electrons. The summed E-state index contributed by atoms with van der Waals surface area (Å²) in [5, 5.41) is 9.73. The number of aromatic nitrogens is 2. The van der Waals surface area contributed by atoms with Crippen LogP contribution in [-0.2, 0) is 0 Å². The normalized spacial score (nSPS) is 11.4. The van der Waals surface area contributed by atoms with Crippen LogP contribution in [0.1, 0.15) is 11.4 Å². The molecule has 1 N–H and O–H groups in total. The largest absolute Gasteiger partial charge is 0.305 e. The zero-order chi connectivity index (χ0) is 15.5. The molecule has 0 saturated heterocycles. The number of halogens is 1. The van der Waals surface area contributed by atoms with Gasteiger partial charge in [0.25, 0.3) is 5.56 Å². The van der Waals surface area contributed by atoms with E-state index in [0.717, 1.165) is 0 Å². The Labute approximate surface area is 125 Å². The summed E-state index contributed by atoms with van der Waals surface area (Å²) in [6, 6.07) is 14.9. The van der Waals surface area contributed by atoms with Crippen molar-refractivity contribution in [3.8, 4) is 6.07 Å². The molecular formula is C17H10FN3O.